The number of anilines is 1. The van der Waals surface area contributed by atoms with Gasteiger partial charge in [-0.1, -0.05) is 26.0 Å². The summed E-state index contributed by atoms with van der Waals surface area (Å²) in [4.78, 5) is 6.92. The van der Waals surface area contributed by atoms with Crippen LogP contribution in [0.15, 0.2) is 30.9 Å². The number of aromatic nitrogens is 1. The fourth-order valence-corrected chi connectivity index (χ4v) is 1.72. The smallest absolute Gasteiger partial charge is 0.129 e. The van der Waals surface area contributed by atoms with Crippen LogP contribution in [0, 0.1) is 0 Å². The van der Waals surface area contributed by atoms with Crippen LogP contribution in [0.3, 0.4) is 0 Å². The number of hydrogen-bond donors (Lipinski definition) is 1. The van der Waals surface area contributed by atoms with Crippen molar-refractivity contribution in [3.05, 3.63) is 36.5 Å². The van der Waals surface area contributed by atoms with Crippen molar-refractivity contribution in [3.63, 3.8) is 0 Å². The molecule has 0 saturated heterocycles. The maximum Gasteiger partial charge on any atom is 0.129 e. The van der Waals surface area contributed by atoms with Crippen LogP contribution in [-0.2, 0) is 6.54 Å². The molecule has 0 radical (unpaired) electrons. The van der Waals surface area contributed by atoms with E-state index >= 15 is 0 Å². The average Bonchev–Trinajstić information content (AvgIpc) is 2.36. The molecule has 0 fully saturated rings. The molecule has 1 aromatic heterocycles. The largest absolute Gasteiger partial charge is 0.353 e. The minimum atomic E-state index is 0.832. The molecule has 0 aliphatic rings. The fraction of sp³-hybridized carbons (Fsp3) is 0.500. The quantitative estimate of drug-likeness (QED) is 0.700. The van der Waals surface area contributed by atoms with Crippen LogP contribution in [0.4, 0.5) is 5.82 Å². The van der Waals surface area contributed by atoms with Crippen LogP contribution in [0.5, 0.6) is 0 Å². The summed E-state index contributed by atoms with van der Waals surface area (Å²) in [6.45, 7) is 11.8. The highest BCUT2D eigenvalue weighted by atomic mass is 15.2. The van der Waals surface area contributed by atoms with E-state index in [1.807, 2.05) is 6.08 Å². The summed E-state index contributed by atoms with van der Waals surface area (Å²) in [5.41, 5.74) is 1.09. The van der Waals surface area contributed by atoms with Crippen LogP contribution < -0.4 is 10.2 Å². The van der Waals surface area contributed by atoms with Crippen molar-refractivity contribution in [1.82, 2.24) is 10.3 Å². The zero-order valence-electron chi connectivity index (χ0n) is 10.9. The Hall–Kier alpha value is -1.35. The summed E-state index contributed by atoms with van der Waals surface area (Å²) in [6, 6.07) is 6.19. The van der Waals surface area contributed by atoms with Gasteiger partial charge in [0.25, 0.3) is 0 Å². The van der Waals surface area contributed by atoms with Crippen molar-refractivity contribution in [3.8, 4) is 0 Å². The van der Waals surface area contributed by atoms with Gasteiger partial charge in [-0.05, 0) is 25.1 Å². The van der Waals surface area contributed by atoms with Gasteiger partial charge in [-0.25, -0.2) is 4.98 Å². The van der Waals surface area contributed by atoms with Crippen LogP contribution in [-0.4, -0.2) is 24.6 Å². The van der Waals surface area contributed by atoms with E-state index in [4.69, 9.17) is 0 Å². The van der Waals surface area contributed by atoms with Crippen molar-refractivity contribution in [2.24, 2.45) is 0 Å². The van der Waals surface area contributed by atoms with E-state index in [1.165, 1.54) is 0 Å². The zero-order chi connectivity index (χ0) is 12.5. The van der Waals surface area contributed by atoms with Crippen molar-refractivity contribution in [1.29, 1.82) is 0 Å². The van der Waals surface area contributed by atoms with E-state index in [1.54, 1.807) is 0 Å². The van der Waals surface area contributed by atoms with Crippen molar-refractivity contribution in [2.75, 3.05) is 24.5 Å². The third-order valence-electron chi connectivity index (χ3n) is 2.52. The fourth-order valence-electron chi connectivity index (χ4n) is 1.72. The third-order valence-corrected chi connectivity index (χ3v) is 2.52. The lowest BCUT2D eigenvalue weighted by Gasteiger charge is -2.21. The summed E-state index contributed by atoms with van der Waals surface area (Å²) in [7, 11) is 0. The molecular weight excluding hydrogens is 210 g/mol. The van der Waals surface area contributed by atoms with Crippen molar-refractivity contribution >= 4 is 5.82 Å². The minimum Gasteiger partial charge on any atom is -0.353 e. The topological polar surface area (TPSA) is 28.2 Å². The predicted octanol–water partition coefficient (Wildman–Crippen LogP) is 2.59. The summed E-state index contributed by atoms with van der Waals surface area (Å²) in [5.74, 6) is 1.04. The van der Waals surface area contributed by atoms with E-state index in [-0.39, 0.29) is 0 Å². The van der Waals surface area contributed by atoms with Crippen LogP contribution in [0.2, 0.25) is 0 Å². The van der Waals surface area contributed by atoms with Crippen molar-refractivity contribution < 1.29 is 0 Å². The van der Waals surface area contributed by atoms with Gasteiger partial charge in [-0.15, -0.1) is 6.58 Å². The number of hydrogen-bond acceptors (Lipinski definition) is 3. The lowest BCUT2D eigenvalue weighted by atomic mass is 10.3. The van der Waals surface area contributed by atoms with Crippen LogP contribution in [0.1, 0.15) is 26.0 Å². The Labute approximate surface area is 105 Å². The highest BCUT2D eigenvalue weighted by molar-refractivity contribution is 5.39. The van der Waals surface area contributed by atoms with Crippen LogP contribution in [0.25, 0.3) is 0 Å². The Morgan fingerprint density at radius 1 is 1.41 bits per heavy atom. The zero-order valence-corrected chi connectivity index (χ0v) is 10.9. The first-order valence-electron chi connectivity index (χ1n) is 6.34. The van der Waals surface area contributed by atoms with E-state index in [2.05, 4.69) is 53.8 Å². The lowest BCUT2D eigenvalue weighted by Crippen LogP contribution is -2.25. The molecule has 3 nitrogen and oxygen atoms in total. The molecule has 0 aromatic carbocycles. The van der Waals surface area contributed by atoms with Crippen LogP contribution >= 0.6 is 0 Å². The van der Waals surface area contributed by atoms with Gasteiger partial charge < -0.3 is 10.2 Å². The van der Waals surface area contributed by atoms with Gasteiger partial charge in [0, 0.05) is 19.6 Å². The summed E-state index contributed by atoms with van der Waals surface area (Å²) >= 11 is 0. The molecule has 0 atom stereocenters. The maximum atomic E-state index is 4.66. The Morgan fingerprint density at radius 3 is 2.88 bits per heavy atom. The van der Waals surface area contributed by atoms with Gasteiger partial charge in [0.1, 0.15) is 5.82 Å². The molecule has 1 aromatic rings. The molecule has 17 heavy (non-hydrogen) atoms. The number of rotatable bonds is 8. The summed E-state index contributed by atoms with van der Waals surface area (Å²) < 4.78 is 0. The van der Waals surface area contributed by atoms with Gasteiger partial charge in [-0.3, -0.25) is 0 Å². The Morgan fingerprint density at radius 2 is 2.24 bits per heavy atom. The van der Waals surface area contributed by atoms with Gasteiger partial charge in [0.05, 0.1) is 5.69 Å². The summed E-state index contributed by atoms with van der Waals surface area (Å²) in [6.07, 6.45) is 3.04. The minimum absolute atomic E-state index is 0.832. The van der Waals surface area contributed by atoms with E-state index < -0.39 is 0 Å². The number of nitrogens with zero attached hydrogens (tertiary/aromatic N) is 2. The molecule has 0 unspecified atom stereocenters. The summed E-state index contributed by atoms with van der Waals surface area (Å²) in [5, 5.41) is 3.29. The molecule has 3 heteroatoms. The predicted molar refractivity (Wildman–Crippen MR) is 74.3 cm³/mol. The van der Waals surface area contributed by atoms with E-state index in [9.17, 15) is 0 Å². The first-order chi connectivity index (χ1) is 8.31. The Bertz CT molecular complexity index is 336. The molecule has 94 valence electrons. The van der Waals surface area contributed by atoms with Gasteiger partial charge in [0.2, 0.25) is 0 Å². The Kier molecular flexibility index (Phi) is 6.33. The molecule has 0 saturated carbocycles. The van der Waals surface area contributed by atoms with Crippen molar-refractivity contribution in [2.45, 2.75) is 26.8 Å². The normalized spacial score (nSPS) is 10.2. The first-order valence-corrected chi connectivity index (χ1v) is 6.34. The monoisotopic (exact) mass is 233 g/mol. The molecule has 0 bridgehead atoms. The molecule has 1 N–H and O–H groups in total. The second kappa shape index (κ2) is 7.85. The molecule has 0 aliphatic heterocycles. The standard InChI is InChI=1S/C14H23N3/c1-4-10-17(11-5-2)14-9-7-8-13(16-14)12-15-6-3/h4,7-9,15H,1,5-6,10-12H2,2-3H3. The van der Waals surface area contributed by atoms with Gasteiger partial charge >= 0.3 is 0 Å². The maximum absolute atomic E-state index is 4.66. The average molecular weight is 233 g/mol. The van der Waals surface area contributed by atoms with Gasteiger partial charge in [0.15, 0.2) is 0 Å². The highest BCUT2D eigenvalue weighted by Gasteiger charge is 2.05. The molecule has 0 aliphatic carbocycles. The number of nitrogens with one attached hydrogen (secondary N) is 1. The highest BCUT2D eigenvalue weighted by Crippen LogP contribution is 2.12. The Balaban J connectivity index is 2.75. The third kappa shape index (κ3) is 4.57. The molecule has 0 amide bonds. The SMILES string of the molecule is C=CCN(CCC)c1cccc(CNCC)n1. The lowest BCUT2D eigenvalue weighted by molar-refractivity contribution is 0.706. The molecule has 1 rings (SSSR count). The molecule has 0 spiro atoms. The van der Waals surface area contributed by atoms with Gasteiger partial charge in [-0.2, -0.15) is 0 Å². The number of pyridine rings is 1. The molecular formula is C14H23N3. The second-order valence-electron chi connectivity index (χ2n) is 4.00. The van der Waals surface area contributed by atoms with E-state index in [0.29, 0.717) is 0 Å². The molecule has 1 heterocycles. The van der Waals surface area contributed by atoms with E-state index in [0.717, 1.165) is 44.1 Å². The second-order valence-corrected chi connectivity index (χ2v) is 4.00. The first kappa shape index (κ1) is 13.7.